The van der Waals surface area contributed by atoms with Crippen molar-refractivity contribution in [2.45, 2.75) is 110 Å². The van der Waals surface area contributed by atoms with Crippen molar-refractivity contribution < 1.29 is 9.90 Å². The van der Waals surface area contributed by atoms with Crippen LogP contribution in [0.5, 0.6) is 0 Å². The van der Waals surface area contributed by atoms with Gasteiger partial charge in [0.15, 0.2) is 0 Å². The maximum absolute atomic E-state index is 10.3. The summed E-state index contributed by atoms with van der Waals surface area (Å²) >= 11 is 0. The molecule has 2 heteroatoms. The molecular weight excluding hydrogens is 272 g/mol. The van der Waals surface area contributed by atoms with Crippen LogP contribution in [-0.4, -0.2) is 11.1 Å². The van der Waals surface area contributed by atoms with Crippen molar-refractivity contribution in [2.75, 3.05) is 0 Å². The van der Waals surface area contributed by atoms with Crippen molar-refractivity contribution in [1.29, 1.82) is 0 Å². The normalized spacial score (nSPS) is 11.3. The van der Waals surface area contributed by atoms with Gasteiger partial charge in [0.2, 0.25) is 0 Å². The molecule has 0 aliphatic rings. The van der Waals surface area contributed by atoms with Gasteiger partial charge in [0.25, 0.3) is 0 Å². The van der Waals surface area contributed by atoms with Crippen molar-refractivity contribution in [3.05, 3.63) is 12.2 Å². The highest BCUT2D eigenvalue weighted by Crippen LogP contribution is 2.11. The summed E-state index contributed by atoms with van der Waals surface area (Å²) < 4.78 is 0. The van der Waals surface area contributed by atoms with E-state index in [1.54, 1.807) is 0 Å². The van der Waals surface area contributed by atoms with E-state index in [2.05, 4.69) is 19.1 Å². The number of carbonyl (C=O) groups is 1. The van der Waals surface area contributed by atoms with Gasteiger partial charge in [-0.05, 0) is 32.1 Å². The molecule has 0 bridgehead atoms. The molecule has 0 aliphatic carbocycles. The first-order valence-corrected chi connectivity index (χ1v) is 9.64. The SMILES string of the molecule is CCCCCCCCCCC/C=C\CCCCCCC(=O)O. The van der Waals surface area contributed by atoms with Crippen LogP contribution < -0.4 is 0 Å². The zero-order valence-electron chi connectivity index (χ0n) is 14.8. The minimum atomic E-state index is -0.666. The van der Waals surface area contributed by atoms with Crippen LogP contribution in [0.15, 0.2) is 12.2 Å². The molecule has 0 aromatic rings. The lowest BCUT2D eigenvalue weighted by atomic mass is 10.1. The van der Waals surface area contributed by atoms with Gasteiger partial charge in [-0.3, -0.25) is 4.79 Å². The standard InChI is InChI=1S/C20H38O2/c1-2-3-4-5-6-7-8-9-10-11-12-13-14-15-16-17-18-19-20(21)22/h12-13H,2-11,14-19H2,1H3,(H,21,22)/b13-12-. The molecule has 2 nitrogen and oxygen atoms in total. The van der Waals surface area contributed by atoms with Crippen LogP contribution in [0, 0.1) is 0 Å². The lowest BCUT2D eigenvalue weighted by molar-refractivity contribution is -0.137. The van der Waals surface area contributed by atoms with Crippen LogP contribution in [0.4, 0.5) is 0 Å². The Morgan fingerprint density at radius 3 is 1.55 bits per heavy atom. The molecule has 0 saturated heterocycles. The first-order valence-electron chi connectivity index (χ1n) is 9.64. The average Bonchev–Trinajstić information content (AvgIpc) is 2.50. The number of hydrogen-bond acceptors (Lipinski definition) is 1. The second-order valence-electron chi connectivity index (χ2n) is 6.44. The summed E-state index contributed by atoms with van der Waals surface area (Å²) in [6, 6.07) is 0. The van der Waals surface area contributed by atoms with E-state index in [-0.39, 0.29) is 0 Å². The summed E-state index contributed by atoms with van der Waals surface area (Å²) in [6.45, 7) is 2.27. The fourth-order valence-electron chi connectivity index (χ4n) is 2.70. The zero-order chi connectivity index (χ0) is 16.3. The molecule has 0 aromatic carbocycles. The summed E-state index contributed by atoms with van der Waals surface area (Å²) in [7, 11) is 0. The first kappa shape index (κ1) is 21.2. The van der Waals surface area contributed by atoms with Crippen LogP contribution in [0.25, 0.3) is 0 Å². The quantitative estimate of drug-likeness (QED) is 0.234. The summed E-state index contributed by atoms with van der Waals surface area (Å²) in [5.74, 6) is -0.666. The molecule has 0 atom stereocenters. The molecule has 0 aliphatic heterocycles. The average molecular weight is 311 g/mol. The fourth-order valence-corrected chi connectivity index (χ4v) is 2.70. The van der Waals surface area contributed by atoms with Gasteiger partial charge < -0.3 is 5.11 Å². The van der Waals surface area contributed by atoms with Gasteiger partial charge in [-0.25, -0.2) is 0 Å². The van der Waals surface area contributed by atoms with Crippen LogP contribution >= 0.6 is 0 Å². The van der Waals surface area contributed by atoms with Crippen molar-refractivity contribution in [1.82, 2.24) is 0 Å². The van der Waals surface area contributed by atoms with Gasteiger partial charge in [-0.15, -0.1) is 0 Å². The number of rotatable bonds is 17. The molecule has 22 heavy (non-hydrogen) atoms. The summed E-state index contributed by atoms with van der Waals surface area (Å²) in [5, 5.41) is 8.53. The lowest BCUT2D eigenvalue weighted by Gasteiger charge is -2.00. The minimum absolute atomic E-state index is 0.328. The highest BCUT2D eigenvalue weighted by atomic mass is 16.4. The Morgan fingerprint density at radius 1 is 0.682 bits per heavy atom. The Kier molecular flexibility index (Phi) is 17.6. The maximum Gasteiger partial charge on any atom is 0.303 e. The number of hydrogen-bond donors (Lipinski definition) is 1. The van der Waals surface area contributed by atoms with E-state index in [0.29, 0.717) is 6.42 Å². The number of allylic oxidation sites excluding steroid dienone is 2. The Balaban J connectivity index is 3.07. The predicted molar refractivity (Wildman–Crippen MR) is 96.3 cm³/mol. The van der Waals surface area contributed by atoms with Crippen molar-refractivity contribution in [2.24, 2.45) is 0 Å². The third kappa shape index (κ3) is 19.2. The Labute approximate surface area is 138 Å². The Bertz CT molecular complexity index is 258. The van der Waals surface area contributed by atoms with Gasteiger partial charge in [-0.1, -0.05) is 83.3 Å². The summed E-state index contributed by atoms with van der Waals surface area (Å²) in [5.41, 5.74) is 0. The summed E-state index contributed by atoms with van der Waals surface area (Å²) in [6.07, 6.45) is 24.2. The van der Waals surface area contributed by atoms with Crippen LogP contribution in [0.1, 0.15) is 110 Å². The van der Waals surface area contributed by atoms with Gasteiger partial charge >= 0.3 is 5.97 Å². The highest BCUT2D eigenvalue weighted by molar-refractivity contribution is 5.66. The minimum Gasteiger partial charge on any atom is -0.481 e. The molecule has 0 heterocycles. The van der Waals surface area contributed by atoms with E-state index in [9.17, 15) is 4.79 Å². The van der Waals surface area contributed by atoms with E-state index in [1.165, 1.54) is 70.6 Å². The molecule has 0 rings (SSSR count). The third-order valence-corrected chi connectivity index (χ3v) is 4.15. The van der Waals surface area contributed by atoms with E-state index in [0.717, 1.165) is 25.7 Å². The largest absolute Gasteiger partial charge is 0.481 e. The van der Waals surface area contributed by atoms with Crippen molar-refractivity contribution in [3.63, 3.8) is 0 Å². The molecule has 0 saturated carbocycles. The van der Waals surface area contributed by atoms with Gasteiger partial charge in [-0.2, -0.15) is 0 Å². The maximum atomic E-state index is 10.3. The first-order chi connectivity index (χ1) is 10.8. The Hall–Kier alpha value is -0.790. The molecule has 1 N–H and O–H groups in total. The molecule has 0 amide bonds. The molecule has 0 spiro atoms. The number of carboxylic acids is 1. The highest BCUT2D eigenvalue weighted by Gasteiger charge is 1.95. The zero-order valence-corrected chi connectivity index (χ0v) is 14.8. The van der Waals surface area contributed by atoms with Gasteiger partial charge in [0.05, 0.1) is 0 Å². The van der Waals surface area contributed by atoms with Crippen LogP contribution in [0.3, 0.4) is 0 Å². The topological polar surface area (TPSA) is 37.3 Å². The monoisotopic (exact) mass is 310 g/mol. The molecule has 0 radical (unpaired) electrons. The van der Waals surface area contributed by atoms with Crippen LogP contribution in [-0.2, 0) is 4.79 Å². The van der Waals surface area contributed by atoms with E-state index >= 15 is 0 Å². The smallest absolute Gasteiger partial charge is 0.303 e. The number of aliphatic carboxylic acids is 1. The van der Waals surface area contributed by atoms with Crippen LogP contribution in [0.2, 0.25) is 0 Å². The van der Waals surface area contributed by atoms with Crippen molar-refractivity contribution >= 4 is 5.97 Å². The number of carboxylic acid groups (broad SMARTS) is 1. The molecule has 0 unspecified atom stereocenters. The van der Waals surface area contributed by atoms with E-state index < -0.39 is 5.97 Å². The molecule has 0 aromatic heterocycles. The third-order valence-electron chi connectivity index (χ3n) is 4.15. The predicted octanol–water partition coefficient (Wildman–Crippen LogP) is 6.89. The second kappa shape index (κ2) is 18.3. The Morgan fingerprint density at radius 2 is 1.09 bits per heavy atom. The van der Waals surface area contributed by atoms with E-state index in [1.807, 2.05) is 0 Å². The summed E-state index contributed by atoms with van der Waals surface area (Å²) in [4.78, 5) is 10.3. The fraction of sp³-hybridized carbons (Fsp3) is 0.850. The van der Waals surface area contributed by atoms with Gasteiger partial charge in [0.1, 0.15) is 0 Å². The van der Waals surface area contributed by atoms with Gasteiger partial charge in [0, 0.05) is 6.42 Å². The van der Waals surface area contributed by atoms with Crippen molar-refractivity contribution in [3.8, 4) is 0 Å². The second-order valence-corrected chi connectivity index (χ2v) is 6.44. The molecule has 0 fully saturated rings. The molecular formula is C20H38O2. The number of unbranched alkanes of at least 4 members (excludes halogenated alkanes) is 13. The molecule has 130 valence electrons. The lowest BCUT2D eigenvalue weighted by Crippen LogP contribution is -1.93. The van der Waals surface area contributed by atoms with E-state index in [4.69, 9.17) is 5.11 Å².